The van der Waals surface area contributed by atoms with Crippen molar-refractivity contribution in [3.63, 3.8) is 0 Å². The van der Waals surface area contributed by atoms with Crippen molar-refractivity contribution in [1.29, 1.82) is 0 Å². The molecular weight excluding hydrogens is 267 g/mol. The van der Waals surface area contributed by atoms with E-state index in [0.29, 0.717) is 22.1 Å². The van der Waals surface area contributed by atoms with Gasteiger partial charge < -0.3 is 9.15 Å². The monoisotopic (exact) mass is 276 g/mol. The molecule has 3 rings (SSSR count). The first kappa shape index (κ1) is 12.1. The fourth-order valence-corrected chi connectivity index (χ4v) is 1.95. The van der Waals surface area contributed by atoms with Crippen molar-refractivity contribution in [2.24, 2.45) is 0 Å². The number of fused-ring (bicyclic) bond motifs is 1. The molecule has 96 valence electrons. The third kappa shape index (κ3) is 2.71. The van der Waals surface area contributed by atoms with Crippen LogP contribution in [0, 0.1) is 5.82 Å². The molecule has 2 aromatic carbocycles. The van der Waals surface area contributed by atoms with E-state index in [0.717, 1.165) is 5.39 Å². The first-order valence-electron chi connectivity index (χ1n) is 5.77. The second-order valence-corrected chi connectivity index (χ2v) is 4.57. The maximum atomic E-state index is 13.0. The minimum atomic E-state index is -0.279. The minimum Gasteiger partial charge on any atom is -0.486 e. The Balaban J connectivity index is 1.76. The summed E-state index contributed by atoms with van der Waals surface area (Å²) in [4.78, 5) is 0. The lowest BCUT2D eigenvalue weighted by Gasteiger charge is -2.03. The highest BCUT2D eigenvalue weighted by molar-refractivity contribution is 6.30. The van der Waals surface area contributed by atoms with Gasteiger partial charge in [-0.25, -0.2) is 4.39 Å². The van der Waals surface area contributed by atoms with Crippen LogP contribution in [0.3, 0.4) is 0 Å². The number of hydrogen-bond donors (Lipinski definition) is 0. The van der Waals surface area contributed by atoms with Gasteiger partial charge in [-0.3, -0.25) is 0 Å². The standard InChI is InChI=1S/C15H10ClFO2/c16-11-1-4-13(5-2-11)18-9-14-8-10-7-12(17)3-6-15(10)19-14/h1-8H,9H2. The van der Waals surface area contributed by atoms with E-state index in [4.69, 9.17) is 20.8 Å². The maximum absolute atomic E-state index is 13.0. The quantitative estimate of drug-likeness (QED) is 0.685. The lowest BCUT2D eigenvalue weighted by molar-refractivity contribution is 0.274. The molecule has 0 amide bonds. The molecule has 0 radical (unpaired) electrons. The lowest BCUT2D eigenvalue weighted by Crippen LogP contribution is -1.92. The average molecular weight is 277 g/mol. The number of halogens is 2. The van der Waals surface area contributed by atoms with E-state index in [2.05, 4.69) is 0 Å². The van der Waals surface area contributed by atoms with Crippen molar-refractivity contribution in [1.82, 2.24) is 0 Å². The van der Waals surface area contributed by atoms with Gasteiger partial charge in [-0.05, 0) is 48.5 Å². The molecule has 0 aliphatic carbocycles. The predicted molar refractivity (Wildman–Crippen MR) is 72.0 cm³/mol. The Labute approximate surface area is 114 Å². The van der Waals surface area contributed by atoms with Crippen LogP contribution in [0.5, 0.6) is 5.75 Å². The number of furan rings is 1. The summed E-state index contributed by atoms with van der Waals surface area (Å²) < 4.78 is 24.2. The van der Waals surface area contributed by atoms with Gasteiger partial charge in [-0.1, -0.05) is 11.6 Å². The summed E-state index contributed by atoms with van der Waals surface area (Å²) in [6, 6.07) is 13.3. The Bertz CT molecular complexity index is 704. The van der Waals surface area contributed by atoms with Gasteiger partial charge in [0.15, 0.2) is 0 Å². The van der Waals surface area contributed by atoms with Crippen molar-refractivity contribution in [3.8, 4) is 5.75 Å². The van der Waals surface area contributed by atoms with Crippen LogP contribution in [0.25, 0.3) is 11.0 Å². The van der Waals surface area contributed by atoms with E-state index in [1.165, 1.54) is 12.1 Å². The summed E-state index contributed by atoms with van der Waals surface area (Å²) in [6.07, 6.45) is 0. The third-order valence-corrected chi connectivity index (χ3v) is 2.98. The number of hydrogen-bond acceptors (Lipinski definition) is 2. The molecule has 0 bridgehead atoms. The van der Waals surface area contributed by atoms with E-state index in [1.807, 2.05) is 0 Å². The molecule has 0 spiro atoms. The fourth-order valence-electron chi connectivity index (χ4n) is 1.83. The topological polar surface area (TPSA) is 22.4 Å². The molecule has 1 heterocycles. The van der Waals surface area contributed by atoms with E-state index in [9.17, 15) is 4.39 Å². The van der Waals surface area contributed by atoms with Gasteiger partial charge in [0.1, 0.15) is 29.5 Å². The smallest absolute Gasteiger partial charge is 0.146 e. The highest BCUT2D eigenvalue weighted by Crippen LogP contribution is 2.22. The van der Waals surface area contributed by atoms with Crippen molar-refractivity contribution in [2.75, 3.05) is 0 Å². The van der Waals surface area contributed by atoms with Gasteiger partial charge in [0.2, 0.25) is 0 Å². The van der Waals surface area contributed by atoms with E-state index < -0.39 is 0 Å². The first-order valence-corrected chi connectivity index (χ1v) is 6.15. The molecule has 2 nitrogen and oxygen atoms in total. The molecule has 0 atom stereocenters. The molecule has 4 heteroatoms. The zero-order chi connectivity index (χ0) is 13.2. The summed E-state index contributed by atoms with van der Waals surface area (Å²) in [5.74, 6) is 1.07. The summed E-state index contributed by atoms with van der Waals surface area (Å²) >= 11 is 5.79. The SMILES string of the molecule is Fc1ccc2oc(COc3ccc(Cl)cc3)cc2c1. The molecule has 0 unspecified atom stereocenters. The summed E-state index contributed by atoms with van der Waals surface area (Å²) in [5, 5.41) is 1.39. The predicted octanol–water partition coefficient (Wildman–Crippen LogP) is 4.80. The molecule has 0 fully saturated rings. The second-order valence-electron chi connectivity index (χ2n) is 4.14. The van der Waals surface area contributed by atoms with E-state index in [-0.39, 0.29) is 12.4 Å². The van der Waals surface area contributed by atoms with E-state index in [1.54, 1.807) is 36.4 Å². The van der Waals surface area contributed by atoms with Crippen molar-refractivity contribution in [2.45, 2.75) is 6.61 Å². The molecular formula is C15H10ClFO2. The number of rotatable bonds is 3. The van der Waals surface area contributed by atoms with Crippen LogP contribution >= 0.6 is 11.6 Å². The zero-order valence-corrected chi connectivity index (χ0v) is 10.7. The zero-order valence-electron chi connectivity index (χ0n) is 9.90. The molecule has 0 aliphatic heterocycles. The average Bonchev–Trinajstić information content (AvgIpc) is 2.80. The Hall–Kier alpha value is -2.00. The van der Waals surface area contributed by atoms with Crippen LogP contribution in [0.1, 0.15) is 5.76 Å². The first-order chi connectivity index (χ1) is 9.20. The highest BCUT2D eigenvalue weighted by Gasteiger charge is 2.05. The van der Waals surface area contributed by atoms with Gasteiger partial charge in [0.05, 0.1) is 0 Å². The Morgan fingerprint density at radius 3 is 2.63 bits per heavy atom. The molecule has 0 N–H and O–H groups in total. The third-order valence-electron chi connectivity index (χ3n) is 2.72. The van der Waals surface area contributed by atoms with Crippen LogP contribution < -0.4 is 4.74 Å². The second kappa shape index (κ2) is 4.94. The van der Waals surface area contributed by atoms with Crippen molar-refractivity contribution >= 4 is 22.6 Å². The molecule has 0 aliphatic rings. The number of ether oxygens (including phenoxy) is 1. The Kier molecular flexibility index (Phi) is 3.13. The van der Waals surface area contributed by atoms with Gasteiger partial charge in [0, 0.05) is 10.4 Å². The van der Waals surface area contributed by atoms with E-state index >= 15 is 0 Å². The fraction of sp³-hybridized carbons (Fsp3) is 0.0667. The molecule has 0 saturated heterocycles. The minimum absolute atomic E-state index is 0.279. The number of benzene rings is 2. The highest BCUT2D eigenvalue weighted by atomic mass is 35.5. The van der Waals surface area contributed by atoms with Crippen molar-refractivity contribution in [3.05, 3.63) is 65.1 Å². The summed E-state index contributed by atoms with van der Waals surface area (Å²) in [7, 11) is 0. The Morgan fingerprint density at radius 2 is 1.84 bits per heavy atom. The van der Waals surface area contributed by atoms with Gasteiger partial charge in [-0.2, -0.15) is 0 Å². The van der Waals surface area contributed by atoms with Crippen LogP contribution in [0.2, 0.25) is 5.02 Å². The van der Waals surface area contributed by atoms with Crippen LogP contribution in [0.4, 0.5) is 4.39 Å². The maximum Gasteiger partial charge on any atom is 0.146 e. The Morgan fingerprint density at radius 1 is 1.05 bits per heavy atom. The largest absolute Gasteiger partial charge is 0.486 e. The molecule has 1 aromatic heterocycles. The van der Waals surface area contributed by atoms with Gasteiger partial charge in [-0.15, -0.1) is 0 Å². The molecule has 3 aromatic rings. The summed E-state index contributed by atoms with van der Waals surface area (Å²) in [5.41, 5.74) is 0.649. The summed E-state index contributed by atoms with van der Waals surface area (Å²) in [6.45, 7) is 0.290. The van der Waals surface area contributed by atoms with Gasteiger partial charge >= 0.3 is 0 Å². The molecule has 19 heavy (non-hydrogen) atoms. The lowest BCUT2D eigenvalue weighted by atomic mass is 10.2. The van der Waals surface area contributed by atoms with Gasteiger partial charge in [0.25, 0.3) is 0 Å². The van der Waals surface area contributed by atoms with Crippen LogP contribution in [-0.4, -0.2) is 0 Å². The molecule has 0 saturated carbocycles. The van der Waals surface area contributed by atoms with Crippen LogP contribution in [-0.2, 0) is 6.61 Å². The van der Waals surface area contributed by atoms with Crippen molar-refractivity contribution < 1.29 is 13.5 Å². The normalized spacial score (nSPS) is 10.8. The van der Waals surface area contributed by atoms with Crippen LogP contribution in [0.15, 0.2) is 52.9 Å².